The number of nitrogens with zero attached hydrogens (tertiary/aromatic N) is 1. The van der Waals surface area contributed by atoms with Gasteiger partial charge in [0.15, 0.2) is 0 Å². The van der Waals surface area contributed by atoms with E-state index < -0.39 is 5.97 Å². The molecule has 1 aromatic rings. The summed E-state index contributed by atoms with van der Waals surface area (Å²) in [5, 5.41) is 9.08. The van der Waals surface area contributed by atoms with Crippen LogP contribution in [0.1, 0.15) is 50.5 Å². The zero-order valence-corrected chi connectivity index (χ0v) is 13.6. The van der Waals surface area contributed by atoms with Crippen LogP contribution in [0.15, 0.2) is 30.3 Å². The Hall–Kier alpha value is -1.84. The molecule has 1 aromatic carbocycles. The lowest BCUT2D eigenvalue weighted by Crippen LogP contribution is -2.40. The Morgan fingerprint density at radius 3 is 2.26 bits per heavy atom. The lowest BCUT2D eigenvalue weighted by Gasteiger charge is -2.31. The number of carboxylic acid groups (broad SMARTS) is 1. The zero-order chi connectivity index (χ0) is 16.4. The van der Waals surface area contributed by atoms with Gasteiger partial charge in [-0.2, -0.15) is 0 Å². The highest BCUT2D eigenvalue weighted by atomic mass is 16.4. The van der Waals surface area contributed by atoms with E-state index in [9.17, 15) is 9.59 Å². The SMILES string of the molecule is CC1CC(c2ccccc2)CN1C(=O)C1CCC(C(=O)O)CC1. The van der Waals surface area contributed by atoms with E-state index in [1.165, 1.54) is 5.56 Å². The van der Waals surface area contributed by atoms with E-state index in [1.807, 2.05) is 11.0 Å². The summed E-state index contributed by atoms with van der Waals surface area (Å²) < 4.78 is 0. The predicted octanol–water partition coefficient (Wildman–Crippen LogP) is 3.28. The third-order valence-corrected chi connectivity index (χ3v) is 5.55. The largest absolute Gasteiger partial charge is 0.481 e. The molecule has 1 aliphatic carbocycles. The molecule has 1 saturated heterocycles. The van der Waals surface area contributed by atoms with E-state index in [1.54, 1.807) is 0 Å². The molecule has 2 unspecified atom stereocenters. The van der Waals surface area contributed by atoms with Gasteiger partial charge in [0, 0.05) is 24.4 Å². The van der Waals surface area contributed by atoms with Crippen LogP contribution < -0.4 is 0 Å². The molecule has 1 N–H and O–H groups in total. The average Bonchev–Trinajstić information content (AvgIpc) is 2.97. The third kappa shape index (κ3) is 3.41. The summed E-state index contributed by atoms with van der Waals surface area (Å²) >= 11 is 0. The van der Waals surface area contributed by atoms with Crippen molar-refractivity contribution < 1.29 is 14.7 Å². The van der Waals surface area contributed by atoms with E-state index in [-0.39, 0.29) is 23.8 Å². The molecular weight excluding hydrogens is 290 g/mol. The molecule has 2 aliphatic rings. The zero-order valence-electron chi connectivity index (χ0n) is 13.6. The first-order valence-electron chi connectivity index (χ1n) is 8.64. The Balaban J connectivity index is 1.61. The first-order valence-corrected chi connectivity index (χ1v) is 8.64. The number of rotatable bonds is 3. The van der Waals surface area contributed by atoms with Crippen LogP contribution in [0.2, 0.25) is 0 Å². The minimum Gasteiger partial charge on any atom is -0.481 e. The minimum atomic E-state index is -0.713. The van der Waals surface area contributed by atoms with Crippen molar-refractivity contribution in [2.24, 2.45) is 11.8 Å². The normalized spacial score (nSPS) is 31.1. The fraction of sp³-hybridized carbons (Fsp3) is 0.579. The van der Waals surface area contributed by atoms with Crippen molar-refractivity contribution in [1.29, 1.82) is 0 Å². The molecule has 1 heterocycles. The van der Waals surface area contributed by atoms with Gasteiger partial charge in [0.1, 0.15) is 0 Å². The van der Waals surface area contributed by atoms with Crippen LogP contribution in [0, 0.1) is 11.8 Å². The first kappa shape index (κ1) is 16.0. The van der Waals surface area contributed by atoms with Crippen molar-refractivity contribution in [3.63, 3.8) is 0 Å². The summed E-state index contributed by atoms with van der Waals surface area (Å²) in [6.07, 6.45) is 3.72. The van der Waals surface area contributed by atoms with E-state index in [4.69, 9.17) is 5.11 Å². The van der Waals surface area contributed by atoms with E-state index in [0.29, 0.717) is 18.8 Å². The van der Waals surface area contributed by atoms with E-state index in [0.717, 1.165) is 25.8 Å². The Morgan fingerprint density at radius 1 is 1.04 bits per heavy atom. The highest BCUT2D eigenvalue weighted by Gasteiger charge is 2.38. The molecule has 1 aliphatic heterocycles. The van der Waals surface area contributed by atoms with Crippen LogP contribution >= 0.6 is 0 Å². The van der Waals surface area contributed by atoms with Gasteiger partial charge in [0.2, 0.25) is 5.91 Å². The molecule has 1 saturated carbocycles. The molecule has 1 amide bonds. The molecule has 0 spiro atoms. The van der Waals surface area contributed by atoms with Gasteiger partial charge >= 0.3 is 5.97 Å². The van der Waals surface area contributed by atoms with Gasteiger partial charge < -0.3 is 10.0 Å². The van der Waals surface area contributed by atoms with Crippen molar-refractivity contribution in [2.75, 3.05) is 6.54 Å². The number of hydrogen-bond donors (Lipinski definition) is 1. The molecule has 2 fully saturated rings. The van der Waals surface area contributed by atoms with E-state index in [2.05, 4.69) is 31.2 Å². The second kappa shape index (κ2) is 6.73. The minimum absolute atomic E-state index is 0.0163. The van der Waals surface area contributed by atoms with Crippen LogP contribution in [0.5, 0.6) is 0 Å². The number of benzene rings is 1. The monoisotopic (exact) mass is 315 g/mol. The quantitative estimate of drug-likeness (QED) is 0.931. The van der Waals surface area contributed by atoms with Crippen LogP contribution in [0.3, 0.4) is 0 Å². The van der Waals surface area contributed by atoms with Gasteiger partial charge in [-0.25, -0.2) is 0 Å². The van der Waals surface area contributed by atoms with Crippen molar-refractivity contribution in [1.82, 2.24) is 4.90 Å². The number of carbonyl (C=O) groups excluding carboxylic acids is 1. The van der Waals surface area contributed by atoms with Gasteiger partial charge in [-0.3, -0.25) is 9.59 Å². The Morgan fingerprint density at radius 2 is 1.65 bits per heavy atom. The number of carboxylic acids is 1. The average molecular weight is 315 g/mol. The predicted molar refractivity (Wildman–Crippen MR) is 88.1 cm³/mol. The van der Waals surface area contributed by atoms with Crippen molar-refractivity contribution in [3.05, 3.63) is 35.9 Å². The summed E-state index contributed by atoms with van der Waals surface area (Å²) in [5.74, 6) is -0.297. The highest BCUT2D eigenvalue weighted by molar-refractivity contribution is 5.80. The van der Waals surface area contributed by atoms with Gasteiger partial charge in [0.05, 0.1) is 5.92 Å². The highest BCUT2D eigenvalue weighted by Crippen LogP contribution is 2.36. The molecular formula is C19H25NO3. The smallest absolute Gasteiger partial charge is 0.306 e. The molecule has 124 valence electrons. The molecule has 0 aromatic heterocycles. The maximum absolute atomic E-state index is 12.8. The lowest BCUT2D eigenvalue weighted by atomic mass is 9.81. The van der Waals surface area contributed by atoms with Crippen molar-refractivity contribution in [3.8, 4) is 0 Å². The summed E-state index contributed by atoms with van der Waals surface area (Å²) in [6.45, 7) is 2.92. The molecule has 0 radical (unpaired) electrons. The number of amides is 1. The fourth-order valence-electron chi connectivity index (χ4n) is 4.13. The second-order valence-electron chi connectivity index (χ2n) is 7.07. The van der Waals surface area contributed by atoms with Gasteiger partial charge in [-0.1, -0.05) is 30.3 Å². The summed E-state index contributed by atoms with van der Waals surface area (Å²) in [7, 11) is 0. The number of hydrogen-bond acceptors (Lipinski definition) is 2. The third-order valence-electron chi connectivity index (χ3n) is 5.55. The molecule has 0 bridgehead atoms. The van der Waals surface area contributed by atoms with Crippen LogP contribution in [-0.4, -0.2) is 34.5 Å². The van der Waals surface area contributed by atoms with Crippen molar-refractivity contribution >= 4 is 11.9 Å². The maximum atomic E-state index is 12.8. The Labute approximate surface area is 137 Å². The maximum Gasteiger partial charge on any atom is 0.306 e. The van der Waals surface area contributed by atoms with Crippen LogP contribution in [0.25, 0.3) is 0 Å². The summed E-state index contributed by atoms with van der Waals surface area (Å²) in [6, 6.07) is 10.7. The van der Waals surface area contributed by atoms with Gasteiger partial charge in [-0.05, 0) is 44.6 Å². The van der Waals surface area contributed by atoms with Crippen LogP contribution in [0.4, 0.5) is 0 Å². The van der Waals surface area contributed by atoms with Crippen molar-refractivity contribution in [2.45, 2.75) is 51.0 Å². The lowest BCUT2D eigenvalue weighted by molar-refractivity contribution is -0.145. The topological polar surface area (TPSA) is 57.6 Å². The standard InChI is InChI=1S/C19H25NO3/c1-13-11-17(14-5-3-2-4-6-14)12-20(13)18(21)15-7-9-16(10-8-15)19(22)23/h2-6,13,15-17H,7-12H2,1H3,(H,22,23). The van der Waals surface area contributed by atoms with E-state index >= 15 is 0 Å². The molecule has 3 rings (SSSR count). The molecule has 2 atom stereocenters. The second-order valence-corrected chi connectivity index (χ2v) is 7.07. The number of aliphatic carboxylic acids is 1. The molecule has 23 heavy (non-hydrogen) atoms. The molecule has 4 heteroatoms. The Kier molecular flexibility index (Phi) is 4.69. The Bertz CT molecular complexity index is 563. The number of likely N-dealkylation sites (tertiary alicyclic amines) is 1. The van der Waals surface area contributed by atoms with Gasteiger partial charge in [-0.15, -0.1) is 0 Å². The summed E-state index contributed by atoms with van der Waals surface area (Å²) in [5.41, 5.74) is 1.31. The molecule has 4 nitrogen and oxygen atoms in total. The number of carbonyl (C=O) groups is 2. The van der Waals surface area contributed by atoms with Gasteiger partial charge in [0.25, 0.3) is 0 Å². The summed E-state index contributed by atoms with van der Waals surface area (Å²) in [4.78, 5) is 25.9. The van der Waals surface area contributed by atoms with Crippen LogP contribution in [-0.2, 0) is 9.59 Å². The fourth-order valence-corrected chi connectivity index (χ4v) is 4.13. The first-order chi connectivity index (χ1) is 11.1.